The molecule has 2 unspecified atom stereocenters. The van der Waals surface area contributed by atoms with Crippen LogP contribution in [-0.4, -0.2) is 36.2 Å². The van der Waals surface area contributed by atoms with Crippen molar-refractivity contribution in [2.24, 2.45) is 10.9 Å². The van der Waals surface area contributed by atoms with Gasteiger partial charge in [-0.05, 0) is 32.4 Å². The second-order valence-corrected chi connectivity index (χ2v) is 6.68. The lowest BCUT2D eigenvalue weighted by Gasteiger charge is -2.39. The molecule has 5 nitrogen and oxygen atoms in total. The van der Waals surface area contributed by atoms with Gasteiger partial charge in [-0.25, -0.2) is 9.98 Å². The summed E-state index contributed by atoms with van der Waals surface area (Å²) in [5.41, 5.74) is 0.469. The lowest BCUT2D eigenvalue weighted by atomic mass is 9.80. The number of aryl methyl sites for hydroxylation is 1. The molecule has 0 aromatic carbocycles. The van der Waals surface area contributed by atoms with E-state index in [-0.39, 0.29) is 5.60 Å². The molecule has 0 amide bonds. The molecule has 7 heteroatoms. The van der Waals surface area contributed by atoms with Gasteiger partial charge in [-0.2, -0.15) is 0 Å². The molecule has 0 bridgehead atoms. The fourth-order valence-corrected chi connectivity index (χ4v) is 3.55. The Bertz CT molecular complexity index is 607. The van der Waals surface area contributed by atoms with Crippen LogP contribution in [0.1, 0.15) is 25.5 Å². The Morgan fingerprint density at radius 3 is 3.05 bits per heavy atom. The smallest absolute Gasteiger partial charge is 0.291 e. The standard InChI is InChI=1S/C15H20Cl2N4O/c1-3-10-4-5-18-7-15(10)8-19-14(22-15)21-13-12(17)6-11(16)9(2)20-13/h6,10,18H,3-5,7-8H2,1-2H3,(H,19,20,21). The van der Waals surface area contributed by atoms with E-state index in [1.54, 1.807) is 6.07 Å². The highest BCUT2D eigenvalue weighted by Crippen LogP contribution is 2.35. The Kier molecular flexibility index (Phi) is 4.48. The predicted octanol–water partition coefficient (Wildman–Crippen LogP) is 3.25. The Balaban J connectivity index is 1.74. The first-order valence-corrected chi connectivity index (χ1v) is 8.33. The van der Waals surface area contributed by atoms with Gasteiger partial charge in [0.25, 0.3) is 6.02 Å². The van der Waals surface area contributed by atoms with Crippen molar-refractivity contribution in [3.63, 3.8) is 0 Å². The van der Waals surface area contributed by atoms with Crippen LogP contribution >= 0.6 is 23.2 Å². The molecule has 1 aromatic rings. The van der Waals surface area contributed by atoms with Crippen LogP contribution < -0.4 is 10.6 Å². The second kappa shape index (κ2) is 6.22. The van der Waals surface area contributed by atoms with E-state index in [9.17, 15) is 0 Å². The van der Waals surface area contributed by atoms with E-state index >= 15 is 0 Å². The molecular weight excluding hydrogens is 323 g/mol. The van der Waals surface area contributed by atoms with E-state index in [1.807, 2.05) is 6.92 Å². The maximum atomic E-state index is 6.18. The number of pyridine rings is 1. The number of ether oxygens (including phenoxy) is 1. The fraction of sp³-hybridized carbons (Fsp3) is 0.600. The predicted molar refractivity (Wildman–Crippen MR) is 90.0 cm³/mol. The van der Waals surface area contributed by atoms with Crippen molar-refractivity contribution in [3.05, 3.63) is 21.8 Å². The van der Waals surface area contributed by atoms with Crippen LogP contribution in [0.25, 0.3) is 0 Å². The summed E-state index contributed by atoms with van der Waals surface area (Å²) in [5, 5.41) is 7.50. The van der Waals surface area contributed by atoms with Crippen molar-refractivity contribution in [1.29, 1.82) is 0 Å². The summed E-state index contributed by atoms with van der Waals surface area (Å²) in [6.45, 7) is 6.55. The molecule has 2 N–H and O–H groups in total. The number of aromatic nitrogens is 1. The number of aliphatic imine (C=N–C) groups is 1. The topological polar surface area (TPSA) is 58.5 Å². The Morgan fingerprint density at radius 2 is 2.27 bits per heavy atom. The highest BCUT2D eigenvalue weighted by atomic mass is 35.5. The van der Waals surface area contributed by atoms with E-state index in [2.05, 4.69) is 27.5 Å². The minimum absolute atomic E-state index is 0.247. The van der Waals surface area contributed by atoms with Gasteiger partial charge in [-0.1, -0.05) is 30.1 Å². The van der Waals surface area contributed by atoms with Gasteiger partial charge in [0.15, 0.2) is 5.82 Å². The van der Waals surface area contributed by atoms with Crippen LogP contribution in [0, 0.1) is 12.8 Å². The average Bonchev–Trinajstić information content (AvgIpc) is 2.89. The Hall–Kier alpha value is -1.04. The second-order valence-electron chi connectivity index (χ2n) is 5.87. The van der Waals surface area contributed by atoms with Crippen molar-refractivity contribution in [2.45, 2.75) is 32.3 Å². The molecule has 1 saturated heterocycles. The van der Waals surface area contributed by atoms with E-state index < -0.39 is 0 Å². The fourth-order valence-electron chi connectivity index (χ4n) is 3.14. The number of piperidine rings is 1. The van der Waals surface area contributed by atoms with Crippen LogP contribution in [0.4, 0.5) is 5.82 Å². The number of nitrogens with zero attached hydrogens (tertiary/aromatic N) is 2. The number of amidine groups is 1. The summed E-state index contributed by atoms with van der Waals surface area (Å²) in [7, 11) is 0. The minimum atomic E-state index is -0.247. The van der Waals surface area contributed by atoms with Gasteiger partial charge in [0, 0.05) is 12.5 Å². The average molecular weight is 343 g/mol. The number of rotatable bonds is 2. The van der Waals surface area contributed by atoms with Crippen LogP contribution in [0.15, 0.2) is 11.1 Å². The first-order valence-electron chi connectivity index (χ1n) is 7.58. The summed E-state index contributed by atoms with van der Waals surface area (Å²) in [6.07, 6.45) is 2.20. The van der Waals surface area contributed by atoms with Gasteiger partial charge >= 0.3 is 0 Å². The lowest BCUT2D eigenvalue weighted by Crippen LogP contribution is -2.54. The number of nitrogens with one attached hydrogen (secondary N) is 2. The third-order valence-electron chi connectivity index (χ3n) is 4.45. The molecule has 0 saturated carbocycles. The quantitative estimate of drug-likeness (QED) is 0.865. The Morgan fingerprint density at radius 1 is 1.45 bits per heavy atom. The first kappa shape index (κ1) is 15.8. The van der Waals surface area contributed by atoms with Gasteiger partial charge in [-0.3, -0.25) is 5.32 Å². The van der Waals surface area contributed by atoms with Gasteiger partial charge < -0.3 is 10.1 Å². The van der Waals surface area contributed by atoms with Crippen molar-refractivity contribution in [2.75, 3.05) is 25.0 Å². The van der Waals surface area contributed by atoms with Crippen molar-refractivity contribution < 1.29 is 4.74 Å². The van der Waals surface area contributed by atoms with Crippen molar-refractivity contribution in [3.8, 4) is 0 Å². The summed E-state index contributed by atoms with van der Waals surface area (Å²) in [4.78, 5) is 8.87. The summed E-state index contributed by atoms with van der Waals surface area (Å²) in [6, 6.07) is 2.16. The summed E-state index contributed by atoms with van der Waals surface area (Å²) >= 11 is 12.2. The third-order valence-corrected chi connectivity index (χ3v) is 5.12. The van der Waals surface area contributed by atoms with Crippen LogP contribution in [0.5, 0.6) is 0 Å². The zero-order valence-corrected chi connectivity index (χ0v) is 14.3. The highest BCUT2D eigenvalue weighted by Gasteiger charge is 2.46. The molecule has 0 aliphatic carbocycles. The molecule has 3 heterocycles. The molecule has 2 aliphatic rings. The third kappa shape index (κ3) is 2.90. The van der Waals surface area contributed by atoms with Crippen LogP contribution in [-0.2, 0) is 4.74 Å². The van der Waals surface area contributed by atoms with Gasteiger partial charge in [-0.15, -0.1) is 0 Å². The van der Waals surface area contributed by atoms with E-state index in [0.717, 1.165) is 25.9 Å². The lowest BCUT2D eigenvalue weighted by molar-refractivity contribution is 0.000835. The van der Waals surface area contributed by atoms with E-state index in [4.69, 9.17) is 27.9 Å². The largest absolute Gasteiger partial charge is 0.455 e. The number of hydrogen-bond acceptors (Lipinski definition) is 5. The maximum absolute atomic E-state index is 6.18. The first-order chi connectivity index (χ1) is 10.5. The van der Waals surface area contributed by atoms with E-state index in [0.29, 0.717) is 40.0 Å². The molecule has 1 fully saturated rings. The maximum Gasteiger partial charge on any atom is 0.291 e. The molecule has 1 aromatic heterocycles. The molecule has 120 valence electrons. The zero-order valence-electron chi connectivity index (χ0n) is 12.7. The highest BCUT2D eigenvalue weighted by molar-refractivity contribution is 6.36. The summed E-state index contributed by atoms with van der Waals surface area (Å²) < 4.78 is 6.17. The zero-order chi connectivity index (χ0) is 15.7. The monoisotopic (exact) mass is 342 g/mol. The molecular formula is C15H20Cl2N4O. The number of anilines is 1. The normalized spacial score (nSPS) is 27.6. The van der Waals surface area contributed by atoms with Gasteiger partial charge in [0.05, 0.1) is 22.3 Å². The minimum Gasteiger partial charge on any atom is -0.455 e. The van der Waals surface area contributed by atoms with Gasteiger partial charge in [0.1, 0.15) is 5.60 Å². The SMILES string of the molecule is CCC1CCNCC12CN=C(Nc1nc(C)c(Cl)cc1Cl)O2. The molecule has 2 aliphatic heterocycles. The molecule has 3 rings (SSSR count). The summed E-state index contributed by atoms with van der Waals surface area (Å²) in [5.74, 6) is 1.03. The molecule has 1 spiro atoms. The van der Waals surface area contributed by atoms with Gasteiger partial charge in [0.2, 0.25) is 0 Å². The van der Waals surface area contributed by atoms with Crippen LogP contribution in [0.2, 0.25) is 10.0 Å². The van der Waals surface area contributed by atoms with E-state index in [1.165, 1.54) is 0 Å². The number of hydrogen-bond donors (Lipinski definition) is 2. The van der Waals surface area contributed by atoms with Crippen LogP contribution in [0.3, 0.4) is 0 Å². The molecule has 22 heavy (non-hydrogen) atoms. The van der Waals surface area contributed by atoms with Crippen molar-refractivity contribution >= 4 is 35.0 Å². The van der Waals surface area contributed by atoms with Crippen molar-refractivity contribution in [1.82, 2.24) is 10.3 Å². The molecule has 0 radical (unpaired) electrons. The Labute approximate surface area is 140 Å². The molecule has 2 atom stereocenters. The number of halogens is 2.